The maximum Gasteiger partial charge on any atom is 0.227 e. The van der Waals surface area contributed by atoms with Gasteiger partial charge in [-0.1, -0.05) is 40.5 Å². The fourth-order valence-electron chi connectivity index (χ4n) is 2.62. The molecule has 0 aliphatic rings. The summed E-state index contributed by atoms with van der Waals surface area (Å²) in [6.45, 7) is 14.2. The summed E-state index contributed by atoms with van der Waals surface area (Å²) in [7, 11) is 0. The summed E-state index contributed by atoms with van der Waals surface area (Å²) in [4.78, 5) is 14.6. The van der Waals surface area contributed by atoms with Gasteiger partial charge in [0, 0.05) is 19.1 Å². The van der Waals surface area contributed by atoms with Crippen molar-refractivity contribution in [2.75, 3.05) is 13.1 Å². The SMILES string of the molecule is CCCCN(CCCC)C(O)C(CC(C)C)C(=O)NC(C)C. The van der Waals surface area contributed by atoms with Crippen molar-refractivity contribution in [2.24, 2.45) is 11.8 Å². The quantitative estimate of drug-likeness (QED) is 0.543. The van der Waals surface area contributed by atoms with E-state index in [1.165, 1.54) is 0 Å². The molecular formula is C18H38N2O2. The number of carbonyl (C=O) groups is 1. The molecule has 0 aromatic carbocycles. The molecule has 0 aromatic rings. The Morgan fingerprint density at radius 3 is 1.91 bits per heavy atom. The molecule has 22 heavy (non-hydrogen) atoms. The Bertz CT molecular complexity index is 285. The second kappa shape index (κ2) is 11.9. The van der Waals surface area contributed by atoms with E-state index in [4.69, 9.17) is 0 Å². The Morgan fingerprint density at radius 1 is 1.05 bits per heavy atom. The molecule has 0 spiro atoms. The summed E-state index contributed by atoms with van der Waals surface area (Å²) in [6.07, 6.45) is 4.35. The molecule has 4 heteroatoms. The van der Waals surface area contributed by atoms with E-state index in [1.807, 2.05) is 13.8 Å². The van der Waals surface area contributed by atoms with Gasteiger partial charge in [0.1, 0.15) is 6.23 Å². The number of unbranched alkanes of at least 4 members (excludes halogenated alkanes) is 2. The molecule has 0 saturated heterocycles. The van der Waals surface area contributed by atoms with E-state index >= 15 is 0 Å². The maximum absolute atomic E-state index is 12.5. The van der Waals surface area contributed by atoms with Crippen LogP contribution in [-0.2, 0) is 4.79 Å². The lowest BCUT2D eigenvalue weighted by Crippen LogP contribution is -2.49. The van der Waals surface area contributed by atoms with Crippen molar-refractivity contribution >= 4 is 5.91 Å². The highest BCUT2D eigenvalue weighted by atomic mass is 16.3. The van der Waals surface area contributed by atoms with Crippen LogP contribution in [0.25, 0.3) is 0 Å². The summed E-state index contributed by atoms with van der Waals surface area (Å²) in [5.74, 6) is 0.0158. The van der Waals surface area contributed by atoms with Gasteiger partial charge in [0.05, 0.1) is 5.92 Å². The third-order valence-corrected chi connectivity index (χ3v) is 3.82. The van der Waals surface area contributed by atoms with Crippen molar-refractivity contribution in [2.45, 2.75) is 85.9 Å². The minimum Gasteiger partial charge on any atom is -0.378 e. The molecule has 0 heterocycles. The highest BCUT2D eigenvalue weighted by Gasteiger charge is 2.31. The Morgan fingerprint density at radius 2 is 1.55 bits per heavy atom. The number of nitrogens with zero attached hydrogens (tertiary/aromatic N) is 1. The molecule has 2 atom stereocenters. The predicted octanol–water partition coefficient (Wildman–Crippen LogP) is 3.39. The molecule has 0 aliphatic heterocycles. The summed E-state index contributed by atoms with van der Waals surface area (Å²) < 4.78 is 0. The fourth-order valence-corrected chi connectivity index (χ4v) is 2.62. The average Bonchev–Trinajstić information content (AvgIpc) is 2.43. The number of rotatable bonds is 12. The third-order valence-electron chi connectivity index (χ3n) is 3.82. The highest BCUT2D eigenvalue weighted by molar-refractivity contribution is 5.79. The van der Waals surface area contributed by atoms with Crippen molar-refractivity contribution in [1.29, 1.82) is 0 Å². The lowest BCUT2D eigenvalue weighted by molar-refractivity contribution is -0.136. The molecule has 0 bridgehead atoms. The number of aliphatic hydroxyl groups excluding tert-OH is 1. The second-order valence-corrected chi connectivity index (χ2v) is 7.06. The molecule has 0 rings (SSSR count). The monoisotopic (exact) mass is 314 g/mol. The van der Waals surface area contributed by atoms with Crippen LogP contribution in [-0.4, -0.2) is 41.3 Å². The van der Waals surface area contributed by atoms with Crippen LogP contribution in [0, 0.1) is 11.8 Å². The summed E-state index contributed by atoms with van der Waals surface area (Å²) in [5.41, 5.74) is 0. The van der Waals surface area contributed by atoms with Gasteiger partial charge >= 0.3 is 0 Å². The number of amides is 1. The molecule has 0 aromatic heterocycles. The second-order valence-electron chi connectivity index (χ2n) is 7.06. The molecule has 2 N–H and O–H groups in total. The van der Waals surface area contributed by atoms with Crippen LogP contribution >= 0.6 is 0 Å². The largest absolute Gasteiger partial charge is 0.378 e. The molecule has 0 saturated carbocycles. The Kier molecular flexibility index (Phi) is 11.6. The molecule has 0 fully saturated rings. The van der Waals surface area contributed by atoms with Crippen molar-refractivity contribution < 1.29 is 9.90 Å². The van der Waals surface area contributed by atoms with Gasteiger partial charge in [-0.2, -0.15) is 0 Å². The predicted molar refractivity (Wildman–Crippen MR) is 93.6 cm³/mol. The van der Waals surface area contributed by atoms with E-state index < -0.39 is 6.23 Å². The van der Waals surface area contributed by atoms with E-state index in [-0.39, 0.29) is 17.9 Å². The van der Waals surface area contributed by atoms with Crippen molar-refractivity contribution in [1.82, 2.24) is 10.2 Å². The first-order chi connectivity index (χ1) is 10.3. The fraction of sp³-hybridized carbons (Fsp3) is 0.944. The van der Waals surface area contributed by atoms with Gasteiger partial charge in [-0.05, 0) is 39.0 Å². The molecule has 0 radical (unpaired) electrons. The first-order valence-corrected chi connectivity index (χ1v) is 9.05. The van der Waals surface area contributed by atoms with Crippen molar-refractivity contribution in [3.05, 3.63) is 0 Å². The van der Waals surface area contributed by atoms with Crippen LogP contribution in [0.5, 0.6) is 0 Å². The molecule has 4 nitrogen and oxygen atoms in total. The summed E-state index contributed by atoms with van der Waals surface area (Å²) in [6, 6.07) is 0.106. The summed E-state index contributed by atoms with van der Waals surface area (Å²) in [5, 5.41) is 13.8. The number of carbonyl (C=O) groups excluding carboxylic acids is 1. The molecule has 2 unspecified atom stereocenters. The molecule has 1 amide bonds. The maximum atomic E-state index is 12.5. The Labute approximate surface area is 137 Å². The zero-order valence-electron chi connectivity index (χ0n) is 15.6. The number of nitrogens with one attached hydrogen (secondary N) is 1. The Balaban J connectivity index is 4.97. The smallest absolute Gasteiger partial charge is 0.227 e. The Hall–Kier alpha value is -0.610. The molecular weight excluding hydrogens is 276 g/mol. The zero-order valence-corrected chi connectivity index (χ0v) is 15.6. The number of aliphatic hydroxyl groups is 1. The van der Waals surface area contributed by atoms with Gasteiger partial charge in [0.2, 0.25) is 5.91 Å². The standard InChI is InChI=1S/C18H38N2O2/c1-7-9-11-20(12-10-8-2)18(22)16(13-14(3)4)17(21)19-15(5)6/h14-16,18,22H,7-13H2,1-6H3,(H,19,21). The van der Waals surface area contributed by atoms with Gasteiger partial charge in [-0.3, -0.25) is 9.69 Å². The van der Waals surface area contributed by atoms with Gasteiger partial charge in [-0.15, -0.1) is 0 Å². The highest BCUT2D eigenvalue weighted by Crippen LogP contribution is 2.20. The number of hydrogen-bond donors (Lipinski definition) is 2. The lowest BCUT2D eigenvalue weighted by atomic mass is 9.93. The van der Waals surface area contributed by atoms with Gasteiger partial charge in [-0.25, -0.2) is 0 Å². The topological polar surface area (TPSA) is 52.6 Å². The van der Waals surface area contributed by atoms with E-state index in [0.717, 1.165) is 38.8 Å². The van der Waals surface area contributed by atoms with Crippen molar-refractivity contribution in [3.63, 3.8) is 0 Å². The number of hydrogen-bond acceptors (Lipinski definition) is 3. The van der Waals surface area contributed by atoms with E-state index in [1.54, 1.807) is 0 Å². The van der Waals surface area contributed by atoms with Gasteiger partial charge < -0.3 is 10.4 Å². The lowest BCUT2D eigenvalue weighted by Gasteiger charge is -2.34. The van der Waals surface area contributed by atoms with Crippen LogP contribution in [0.2, 0.25) is 0 Å². The van der Waals surface area contributed by atoms with Gasteiger partial charge in [0.15, 0.2) is 0 Å². The normalized spacial score (nSPS) is 14.6. The third kappa shape index (κ3) is 8.74. The van der Waals surface area contributed by atoms with Crippen LogP contribution in [0.3, 0.4) is 0 Å². The first-order valence-electron chi connectivity index (χ1n) is 9.05. The van der Waals surface area contributed by atoms with Crippen LogP contribution in [0.4, 0.5) is 0 Å². The van der Waals surface area contributed by atoms with Crippen LogP contribution in [0.1, 0.15) is 73.6 Å². The van der Waals surface area contributed by atoms with Gasteiger partial charge in [0.25, 0.3) is 0 Å². The average molecular weight is 315 g/mol. The van der Waals surface area contributed by atoms with E-state index in [9.17, 15) is 9.90 Å². The minimum absolute atomic E-state index is 0.0193. The first kappa shape index (κ1) is 21.4. The van der Waals surface area contributed by atoms with Crippen LogP contribution < -0.4 is 5.32 Å². The van der Waals surface area contributed by atoms with Crippen LogP contribution in [0.15, 0.2) is 0 Å². The summed E-state index contributed by atoms with van der Waals surface area (Å²) >= 11 is 0. The molecule has 132 valence electrons. The van der Waals surface area contributed by atoms with E-state index in [0.29, 0.717) is 12.3 Å². The molecule has 0 aliphatic carbocycles. The zero-order chi connectivity index (χ0) is 17.1. The van der Waals surface area contributed by atoms with Crippen molar-refractivity contribution in [3.8, 4) is 0 Å². The minimum atomic E-state index is -0.681. The van der Waals surface area contributed by atoms with E-state index in [2.05, 4.69) is 37.9 Å².